The van der Waals surface area contributed by atoms with Gasteiger partial charge in [0.05, 0.1) is 5.56 Å². The summed E-state index contributed by atoms with van der Waals surface area (Å²) in [6.45, 7) is 1.97. The van der Waals surface area contributed by atoms with Crippen molar-refractivity contribution in [3.63, 3.8) is 0 Å². The van der Waals surface area contributed by atoms with E-state index in [1.807, 2.05) is 24.3 Å². The Labute approximate surface area is 172 Å². The molecule has 6 heteroatoms. The fourth-order valence-electron chi connectivity index (χ4n) is 3.38. The molecule has 4 nitrogen and oxygen atoms in total. The zero-order valence-corrected chi connectivity index (χ0v) is 16.8. The summed E-state index contributed by atoms with van der Waals surface area (Å²) in [7, 11) is 0. The summed E-state index contributed by atoms with van der Waals surface area (Å²) in [4.78, 5) is 14.6. The molecular formula is C22H28ClFN2O2. The average molecular weight is 407 g/mol. The number of hydrogen-bond acceptors (Lipinski definition) is 3. The molecule has 0 aliphatic carbocycles. The summed E-state index contributed by atoms with van der Waals surface area (Å²) >= 11 is 0. The normalized spacial score (nSPS) is 14.6. The van der Waals surface area contributed by atoms with Gasteiger partial charge in [-0.3, -0.25) is 4.79 Å². The molecule has 28 heavy (non-hydrogen) atoms. The van der Waals surface area contributed by atoms with E-state index in [0.717, 1.165) is 37.7 Å². The van der Waals surface area contributed by atoms with Crippen LogP contribution in [0.4, 0.5) is 4.39 Å². The zero-order valence-electron chi connectivity index (χ0n) is 16.0. The standard InChI is InChI=1S/C22H27FN2O2.ClH/c23-21-11-10-19(27-18-8-6-17(7-9-18)12-13-24)16-20(21)22(26)25-14-4-2-1-3-5-15-25;/h6-11,16H,1-5,12-15,24H2;1H. The molecule has 3 rings (SSSR count). The SMILES string of the molecule is Cl.NCCc1ccc(Oc2ccc(F)c(C(=O)N3CCCCCCC3)c2)cc1. The van der Waals surface area contributed by atoms with Crippen molar-refractivity contribution in [1.29, 1.82) is 0 Å². The lowest BCUT2D eigenvalue weighted by molar-refractivity contribution is 0.0737. The van der Waals surface area contributed by atoms with Gasteiger partial charge < -0.3 is 15.4 Å². The third kappa shape index (κ3) is 5.94. The molecule has 1 amide bonds. The summed E-state index contributed by atoms with van der Waals surface area (Å²) < 4.78 is 20.1. The van der Waals surface area contributed by atoms with E-state index in [0.29, 0.717) is 31.1 Å². The summed E-state index contributed by atoms with van der Waals surface area (Å²) in [6.07, 6.45) is 6.21. The van der Waals surface area contributed by atoms with Crippen molar-refractivity contribution in [1.82, 2.24) is 4.90 Å². The average Bonchev–Trinajstić information content (AvgIpc) is 2.64. The Morgan fingerprint density at radius 3 is 2.21 bits per heavy atom. The quantitative estimate of drug-likeness (QED) is 0.764. The Bertz CT molecular complexity index is 760. The van der Waals surface area contributed by atoms with Gasteiger partial charge in [0.2, 0.25) is 0 Å². The number of likely N-dealkylation sites (tertiary alicyclic amines) is 1. The Kier molecular flexibility index (Phi) is 8.74. The molecule has 1 heterocycles. The van der Waals surface area contributed by atoms with Crippen LogP contribution in [0.1, 0.15) is 48.0 Å². The molecule has 0 spiro atoms. The van der Waals surface area contributed by atoms with Gasteiger partial charge in [-0.25, -0.2) is 4.39 Å². The summed E-state index contributed by atoms with van der Waals surface area (Å²) in [5.41, 5.74) is 6.77. The van der Waals surface area contributed by atoms with E-state index in [2.05, 4.69) is 0 Å². The highest BCUT2D eigenvalue weighted by atomic mass is 35.5. The Balaban J connectivity index is 0.00000280. The highest BCUT2D eigenvalue weighted by Crippen LogP contribution is 2.25. The van der Waals surface area contributed by atoms with Gasteiger partial charge in [0.25, 0.3) is 5.91 Å². The third-order valence-corrected chi connectivity index (χ3v) is 4.90. The molecule has 0 atom stereocenters. The largest absolute Gasteiger partial charge is 0.457 e. The smallest absolute Gasteiger partial charge is 0.256 e. The second kappa shape index (κ2) is 11.0. The second-order valence-corrected chi connectivity index (χ2v) is 6.99. The van der Waals surface area contributed by atoms with E-state index < -0.39 is 5.82 Å². The molecule has 2 aromatic rings. The van der Waals surface area contributed by atoms with Crippen molar-refractivity contribution in [3.8, 4) is 11.5 Å². The highest BCUT2D eigenvalue weighted by Gasteiger charge is 2.20. The lowest BCUT2D eigenvalue weighted by atomic mass is 10.1. The van der Waals surface area contributed by atoms with Crippen molar-refractivity contribution in [3.05, 3.63) is 59.4 Å². The van der Waals surface area contributed by atoms with Crippen molar-refractivity contribution in [2.75, 3.05) is 19.6 Å². The first-order valence-corrected chi connectivity index (χ1v) is 9.73. The van der Waals surface area contributed by atoms with E-state index in [9.17, 15) is 9.18 Å². The molecule has 2 N–H and O–H groups in total. The molecule has 152 valence electrons. The first-order valence-electron chi connectivity index (χ1n) is 9.73. The minimum Gasteiger partial charge on any atom is -0.457 e. The maximum atomic E-state index is 14.3. The molecule has 0 unspecified atom stereocenters. The van der Waals surface area contributed by atoms with Crippen LogP contribution in [0, 0.1) is 5.82 Å². The van der Waals surface area contributed by atoms with Crippen LogP contribution in [-0.4, -0.2) is 30.4 Å². The van der Waals surface area contributed by atoms with Crippen molar-refractivity contribution < 1.29 is 13.9 Å². The number of nitrogens with two attached hydrogens (primary N) is 1. The van der Waals surface area contributed by atoms with Crippen LogP contribution in [0.2, 0.25) is 0 Å². The minimum absolute atomic E-state index is 0. The van der Waals surface area contributed by atoms with Gasteiger partial charge in [0.1, 0.15) is 17.3 Å². The second-order valence-electron chi connectivity index (χ2n) is 6.99. The number of hydrogen-bond donors (Lipinski definition) is 1. The van der Waals surface area contributed by atoms with Crippen LogP contribution in [0.15, 0.2) is 42.5 Å². The number of nitrogens with zero attached hydrogens (tertiary/aromatic N) is 1. The summed E-state index contributed by atoms with van der Waals surface area (Å²) in [5, 5.41) is 0. The zero-order chi connectivity index (χ0) is 19.1. The fraction of sp³-hybridized carbons (Fsp3) is 0.409. The maximum absolute atomic E-state index is 14.3. The van der Waals surface area contributed by atoms with Gasteiger partial charge in [-0.15, -0.1) is 12.4 Å². The van der Waals surface area contributed by atoms with Crippen molar-refractivity contribution >= 4 is 18.3 Å². The van der Waals surface area contributed by atoms with E-state index >= 15 is 0 Å². The molecule has 0 radical (unpaired) electrons. The van der Waals surface area contributed by atoms with Crippen LogP contribution in [0.3, 0.4) is 0 Å². The monoisotopic (exact) mass is 406 g/mol. The number of rotatable bonds is 5. The van der Waals surface area contributed by atoms with Crippen LogP contribution < -0.4 is 10.5 Å². The van der Waals surface area contributed by atoms with Crippen LogP contribution in [0.5, 0.6) is 11.5 Å². The Hall–Kier alpha value is -2.11. The lowest BCUT2D eigenvalue weighted by Crippen LogP contribution is -2.34. The van der Waals surface area contributed by atoms with Gasteiger partial charge in [0.15, 0.2) is 0 Å². The van der Waals surface area contributed by atoms with Crippen LogP contribution in [0.25, 0.3) is 0 Å². The predicted octanol–water partition coefficient (Wildman–Crippen LogP) is 4.95. The van der Waals surface area contributed by atoms with Gasteiger partial charge in [-0.1, -0.05) is 31.4 Å². The molecule has 0 saturated carbocycles. The van der Waals surface area contributed by atoms with Gasteiger partial charge in [-0.05, 0) is 61.7 Å². The highest BCUT2D eigenvalue weighted by molar-refractivity contribution is 5.95. The molecular weight excluding hydrogens is 379 g/mol. The first-order chi connectivity index (χ1) is 13.2. The molecule has 0 aromatic heterocycles. The Morgan fingerprint density at radius 1 is 0.964 bits per heavy atom. The summed E-state index contributed by atoms with van der Waals surface area (Å²) in [5.74, 6) is 0.344. The number of benzene rings is 2. The topological polar surface area (TPSA) is 55.6 Å². The molecule has 1 aliphatic rings. The van der Waals surface area contributed by atoms with E-state index in [1.165, 1.54) is 18.6 Å². The molecule has 2 aromatic carbocycles. The molecule has 1 aliphatic heterocycles. The number of halogens is 2. The number of carbonyl (C=O) groups excluding carboxylic acids is 1. The molecule has 1 fully saturated rings. The number of carbonyl (C=O) groups is 1. The van der Waals surface area contributed by atoms with E-state index in [1.54, 1.807) is 11.0 Å². The maximum Gasteiger partial charge on any atom is 0.256 e. The van der Waals surface area contributed by atoms with Crippen molar-refractivity contribution in [2.24, 2.45) is 5.73 Å². The molecule has 0 bridgehead atoms. The number of amides is 1. The molecule has 1 saturated heterocycles. The van der Waals surface area contributed by atoms with Crippen molar-refractivity contribution in [2.45, 2.75) is 38.5 Å². The minimum atomic E-state index is -0.507. The van der Waals surface area contributed by atoms with E-state index in [4.69, 9.17) is 10.5 Å². The fourth-order valence-corrected chi connectivity index (χ4v) is 3.38. The van der Waals surface area contributed by atoms with Crippen LogP contribution in [-0.2, 0) is 6.42 Å². The first kappa shape index (κ1) is 22.2. The number of ether oxygens (including phenoxy) is 1. The predicted molar refractivity (Wildman–Crippen MR) is 112 cm³/mol. The van der Waals surface area contributed by atoms with Gasteiger partial charge in [0, 0.05) is 13.1 Å². The Morgan fingerprint density at radius 2 is 1.57 bits per heavy atom. The lowest BCUT2D eigenvalue weighted by Gasteiger charge is -2.25. The summed E-state index contributed by atoms with van der Waals surface area (Å²) in [6, 6.07) is 12.0. The van der Waals surface area contributed by atoms with E-state index in [-0.39, 0.29) is 23.9 Å². The van der Waals surface area contributed by atoms with Crippen LogP contribution >= 0.6 is 12.4 Å². The van der Waals surface area contributed by atoms with Gasteiger partial charge >= 0.3 is 0 Å². The third-order valence-electron chi connectivity index (χ3n) is 4.90. The van der Waals surface area contributed by atoms with Gasteiger partial charge in [-0.2, -0.15) is 0 Å².